The highest BCUT2D eigenvalue weighted by molar-refractivity contribution is 5.52. The SMILES string of the molecule is CCCCCCCCCC1CCC(c2ccc(NCCCCCCCC)c(C)c2)CC1. The van der Waals surface area contributed by atoms with Crippen molar-refractivity contribution in [3.63, 3.8) is 0 Å². The summed E-state index contributed by atoms with van der Waals surface area (Å²) in [5.41, 5.74) is 4.38. The van der Waals surface area contributed by atoms with E-state index in [1.165, 1.54) is 127 Å². The summed E-state index contributed by atoms with van der Waals surface area (Å²) >= 11 is 0. The maximum absolute atomic E-state index is 3.69. The first kappa shape index (κ1) is 26.3. The van der Waals surface area contributed by atoms with Crippen molar-refractivity contribution in [1.82, 2.24) is 0 Å². The lowest BCUT2D eigenvalue weighted by atomic mass is 9.76. The lowest BCUT2D eigenvalue weighted by Crippen LogP contribution is -2.13. The van der Waals surface area contributed by atoms with Crippen LogP contribution in [0.5, 0.6) is 0 Å². The van der Waals surface area contributed by atoms with Gasteiger partial charge in [-0.2, -0.15) is 0 Å². The number of unbranched alkanes of at least 4 members (excludes halogenated alkanes) is 11. The minimum absolute atomic E-state index is 0.802. The minimum atomic E-state index is 0.802. The largest absolute Gasteiger partial charge is 0.385 e. The van der Waals surface area contributed by atoms with E-state index in [4.69, 9.17) is 0 Å². The van der Waals surface area contributed by atoms with E-state index in [0.29, 0.717) is 0 Å². The zero-order chi connectivity index (χ0) is 22.2. The van der Waals surface area contributed by atoms with Gasteiger partial charge in [-0.15, -0.1) is 0 Å². The molecule has 0 atom stereocenters. The van der Waals surface area contributed by atoms with Crippen molar-refractivity contribution >= 4 is 5.69 Å². The molecule has 0 spiro atoms. The Hall–Kier alpha value is -0.980. The molecule has 178 valence electrons. The third-order valence-electron chi connectivity index (χ3n) is 7.63. The Balaban J connectivity index is 1.60. The fraction of sp³-hybridized carbons (Fsp3) is 0.800. The average molecular weight is 428 g/mol. The summed E-state index contributed by atoms with van der Waals surface area (Å²) in [6, 6.07) is 7.25. The summed E-state index contributed by atoms with van der Waals surface area (Å²) in [4.78, 5) is 0. The number of nitrogens with one attached hydrogen (secondary N) is 1. The Morgan fingerprint density at radius 3 is 1.90 bits per heavy atom. The highest BCUT2D eigenvalue weighted by atomic mass is 14.9. The van der Waals surface area contributed by atoms with Crippen LogP contribution in [0.2, 0.25) is 0 Å². The van der Waals surface area contributed by atoms with Crippen molar-refractivity contribution in [3.8, 4) is 0 Å². The predicted octanol–water partition coefficient (Wildman–Crippen LogP) is 10.2. The average Bonchev–Trinajstić information content (AvgIpc) is 2.79. The molecule has 0 radical (unpaired) electrons. The molecule has 31 heavy (non-hydrogen) atoms. The second kappa shape index (κ2) is 16.6. The van der Waals surface area contributed by atoms with Gasteiger partial charge in [0.1, 0.15) is 0 Å². The number of rotatable bonds is 17. The van der Waals surface area contributed by atoms with Gasteiger partial charge in [0.25, 0.3) is 0 Å². The van der Waals surface area contributed by atoms with Gasteiger partial charge in [-0.25, -0.2) is 0 Å². The molecule has 0 aromatic heterocycles. The molecular weight excluding hydrogens is 374 g/mol. The normalized spacial score (nSPS) is 18.9. The first-order valence-corrected chi connectivity index (χ1v) is 14.1. The molecule has 0 amide bonds. The molecule has 1 saturated carbocycles. The van der Waals surface area contributed by atoms with Gasteiger partial charge in [-0.1, -0.05) is 109 Å². The van der Waals surface area contributed by atoms with Gasteiger partial charge in [0.2, 0.25) is 0 Å². The van der Waals surface area contributed by atoms with Crippen molar-refractivity contribution in [2.75, 3.05) is 11.9 Å². The highest BCUT2D eigenvalue weighted by Gasteiger charge is 2.22. The molecule has 0 aliphatic heterocycles. The highest BCUT2D eigenvalue weighted by Crippen LogP contribution is 2.38. The molecule has 1 fully saturated rings. The van der Waals surface area contributed by atoms with E-state index in [0.717, 1.165) is 18.4 Å². The Morgan fingerprint density at radius 2 is 1.29 bits per heavy atom. The third-order valence-corrected chi connectivity index (χ3v) is 7.63. The van der Waals surface area contributed by atoms with Crippen LogP contribution in [0.3, 0.4) is 0 Å². The summed E-state index contributed by atoms with van der Waals surface area (Å²) in [6.45, 7) is 8.01. The Bertz CT molecular complexity index is 556. The Kier molecular flexibility index (Phi) is 14.1. The second-order valence-electron chi connectivity index (χ2n) is 10.4. The topological polar surface area (TPSA) is 12.0 Å². The lowest BCUT2D eigenvalue weighted by Gasteiger charge is -2.29. The van der Waals surface area contributed by atoms with Crippen LogP contribution < -0.4 is 5.32 Å². The van der Waals surface area contributed by atoms with E-state index >= 15 is 0 Å². The van der Waals surface area contributed by atoms with E-state index in [2.05, 4.69) is 44.3 Å². The number of hydrogen-bond donors (Lipinski definition) is 1. The van der Waals surface area contributed by atoms with Gasteiger partial charge in [0.05, 0.1) is 0 Å². The molecular formula is C30H53N. The zero-order valence-electron chi connectivity index (χ0n) is 21.3. The Morgan fingerprint density at radius 1 is 0.710 bits per heavy atom. The second-order valence-corrected chi connectivity index (χ2v) is 10.4. The molecule has 1 heteroatoms. The van der Waals surface area contributed by atoms with Crippen molar-refractivity contribution in [2.24, 2.45) is 5.92 Å². The van der Waals surface area contributed by atoms with E-state index < -0.39 is 0 Å². The van der Waals surface area contributed by atoms with Crippen LogP contribution >= 0.6 is 0 Å². The van der Waals surface area contributed by atoms with Gasteiger partial charge in [-0.3, -0.25) is 0 Å². The molecule has 0 bridgehead atoms. The first-order valence-electron chi connectivity index (χ1n) is 14.1. The molecule has 1 aromatic rings. The molecule has 1 aliphatic rings. The molecule has 1 aliphatic carbocycles. The van der Waals surface area contributed by atoms with Gasteiger partial charge < -0.3 is 5.32 Å². The molecule has 0 unspecified atom stereocenters. The number of benzene rings is 1. The fourth-order valence-electron chi connectivity index (χ4n) is 5.44. The maximum atomic E-state index is 3.69. The predicted molar refractivity (Wildman–Crippen MR) is 140 cm³/mol. The first-order chi connectivity index (χ1) is 15.2. The van der Waals surface area contributed by atoms with Gasteiger partial charge in [0, 0.05) is 12.2 Å². The maximum Gasteiger partial charge on any atom is 0.0370 e. The van der Waals surface area contributed by atoms with Crippen molar-refractivity contribution in [2.45, 2.75) is 142 Å². The lowest BCUT2D eigenvalue weighted by molar-refractivity contribution is 0.301. The summed E-state index contributed by atoms with van der Waals surface area (Å²) in [7, 11) is 0. The summed E-state index contributed by atoms with van der Waals surface area (Å²) < 4.78 is 0. The summed E-state index contributed by atoms with van der Waals surface area (Å²) in [6.07, 6.45) is 25.5. The Labute approximate surface area is 195 Å². The molecule has 0 saturated heterocycles. The monoisotopic (exact) mass is 427 g/mol. The number of hydrogen-bond acceptors (Lipinski definition) is 1. The third kappa shape index (κ3) is 10.9. The molecule has 1 nitrogen and oxygen atoms in total. The number of anilines is 1. The quantitative estimate of drug-likeness (QED) is 0.244. The van der Waals surface area contributed by atoms with Gasteiger partial charge in [0.15, 0.2) is 0 Å². The molecule has 2 rings (SSSR count). The number of aryl methyl sites for hydroxylation is 1. The van der Waals surface area contributed by atoms with Crippen LogP contribution in [0.4, 0.5) is 5.69 Å². The van der Waals surface area contributed by atoms with Crippen LogP contribution in [0, 0.1) is 12.8 Å². The van der Waals surface area contributed by atoms with Gasteiger partial charge in [-0.05, 0) is 68.1 Å². The van der Waals surface area contributed by atoms with Crippen LogP contribution in [-0.4, -0.2) is 6.54 Å². The van der Waals surface area contributed by atoms with Gasteiger partial charge >= 0.3 is 0 Å². The minimum Gasteiger partial charge on any atom is -0.385 e. The zero-order valence-corrected chi connectivity index (χ0v) is 21.3. The van der Waals surface area contributed by atoms with Crippen molar-refractivity contribution in [1.29, 1.82) is 0 Å². The van der Waals surface area contributed by atoms with E-state index in [1.807, 2.05) is 0 Å². The smallest absolute Gasteiger partial charge is 0.0370 e. The van der Waals surface area contributed by atoms with E-state index in [9.17, 15) is 0 Å². The summed E-state index contributed by atoms with van der Waals surface area (Å²) in [5, 5.41) is 3.69. The van der Waals surface area contributed by atoms with Crippen LogP contribution in [0.1, 0.15) is 146 Å². The molecule has 0 heterocycles. The van der Waals surface area contributed by atoms with Crippen LogP contribution in [0.15, 0.2) is 18.2 Å². The summed E-state index contributed by atoms with van der Waals surface area (Å²) in [5.74, 6) is 1.81. The van der Waals surface area contributed by atoms with E-state index in [1.54, 1.807) is 5.56 Å². The van der Waals surface area contributed by atoms with E-state index in [-0.39, 0.29) is 0 Å². The molecule has 1 N–H and O–H groups in total. The van der Waals surface area contributed by atoms with Crippen LogP contribution in [-0.2, 0) is 0 Å². The van der Waals surface area contributed by atoms with Crippen molar-refractivity contribution in [3.05, 3.63) is 29.3 Å². The van der Waals surface area contributed by atoms with Crippen molar-refractivity contribution < 1.29 is 0 Å². The molecule has 1 aromatic carbocycles. The fourth-order valence-corrected chi connectivity index (χ4v) is 5.44. The standard InChI is InChI=1S/C30H53N/c1-4-6-8-10-12-13-15-17-27-18-20-28(21-19-27)29-22-23-30(26(3)25-29)31-24-16-14-11-9-7-5-2/h22-23,25,27-28,31H,4-21,24H2,1-3H3. The van der Waals surface area contributed by atoms with Crippen LogP contribution in [0.25, 0.3) is 0 Å².